The van der Waals surface area contributed by atoms with Gasteiger partial charge in [0.2, 0.25) is 5.91 Å². The molecule has 3 amide bonds. The Morgan fingerprint density at radius 3 is 2.75 bits per heavy atom. The zero-order chi connectivity index (χ0) is 14.4. The standard InChI is InChI=1S/C15H21N3O2/c1-12-6-5-9-18(10-12)11-14(19)17-15(20)16-13-7-3-2-4-8-13/h2-4,7-8,12H,5-6,9-11H2,1H3,(H2,16,17,19,20)/t12-/m1/s1. The minimum atomic E-state index is -0.480. The largest absolute Gasteiger partial charge is 0.325 e. The quantitative estimate of drug-likeness (QED) is 0.887. The number of carbonyl (C=O) groups is 2. The Morgan fingerprint density at radius 1 is 1.30 bits per heavy atom. The highest BCUT2D eigenvalue weighted by Crippen LogP contribution is 2.14. The highest BCUT2D eigenvalue weighted by atomic mass is 16.2. The Labute approximate surface area is 119 Å². The SMILES string of the molecule is C[C@@H]1CCCN(CC(=O)NC(=O)Nc2ccccc2)C1. The molecule has 0 radical (unpaired) electrons. The van der Waals surface area contributed by atoms with E-state index in [9.17, 15) is 9.59 Å². The Morgan fingerprint density at radius 2 is 2.05 bits per heavy atom. The molecular weight excluding hydrogens is 254 g/mol. The van der Waals surface area contributed by atoms with Gasteiger partial charge in [0, 0.05) is 12.2 Å². The molecule has 1 saturated heterocycles. The summed E-state index contributed by atoms with van der Waals surface area (Å²) in [7, 11) is 0. The molecule has 0 aliphatic carbocycles. The molecule has 0 bridgehead atoms. The molecule has 0 aromatic heterocycles. The van der Waals surface area contributed by atoms with Gasteiger partial charge in [-0.2, -0.15) is 0 Å². The summed E-state index contributed by atoms with van der Waals surface area (Å²) in [6.07, 6.45) is 2.33. The summed E-state index contributed by atoms with van der Waals surface area (Å²) >= 11 is 0. The first-order valence-electron chi connectivity index (χ1n) is 7.02. The fourth-order valence-corrected chi connectivity index (χ4v) is 2.48. The summed E-state index contributed by atoms with van der Waals surface area (Å²) in [6.45, 7) is 4.32. The van der Waals surface area contributed by atoms with Crippen LogP contribution >= 0.6 is 0 Å². The third kappa shape index (κ3) is 4.66. The van der Waals surface area contributed by atoms with E-state index in [0.29, 0.717) is 11.6 Å². The van der Waals surface area contributed by atoms with Gasteiger partial charge in [0.15, 0.2) is 0 Å². The Bertz CT molecular complexity index is 461. The van der Waals surface area contributed by atoms with Crippen LogP contribution in [0, 0.1) is 5.92 Å². The van der Waals surface area contributed by atoms with Crippen LogP contribution in [0.25, 0.3) is 0 Å². The molecule has 1 fully saturated rings. The molecule has 1 atom stereocenters. The highest BCUT2D eigenvalue weighted by molar-refractivity contribution is 6.01. The number of urea groups is 1. The lowest BCUT2D eigenvalue weighted by molar-refractivity contribution is -0.121. The molecule has 1 aromatic rings. The molecule has 1 aliphatic heterocycles. The maximum atomic E-state index is 11.8. The lowest BCUT2D eigenvalue weighted by Gasteiger charge is -2.29. The number of hydrogen-bond acceptors (Lipinski definition) is 3. The van der Waals surface area contributed by atoms with Crippen molar-refractivity contribution in [2.45, 2.75) is 19.8 Å². The number of benzene rings is 1. The van der Waals surface area contributed by atoms with Crippen LogP contribution in [-0.2, 0) is 4.79 Å². The molecule has 0 unspecified atom stereocenters. The van der Waals surface area contributed by atoms with Crippen molar-refractivity contribution >= 4 is 17.6 Å². The first-order chi connectivity index (χ1) is 9.63. The molecule has 1 aromatic carbocycles. The van der Waals surface area contributed by atoms with Gasteiger partial charge in [-0.25, -0.2) is 4.79 Å². The summed E-state index contributed by atoms with van der Waals surface area (Å²) in [5.74, 6) is 0.363. The first kappa shape index (κ1) is 14.5. The number of carbonyl (C=O) groups excluding carboxylic acids is 2. The van der Waals surface area contributed by atoms with Gasteiger partial charge in [0.1, 0.15) is 0 Å². The average Bonchev–Trinajstić information content (AvgIpc) is 2.39. The van der Waals surface area contributed by atoms with E-state index in [1.54, 1.807) is 12.1 Å². The van der Waals surface area contributed by atoms with Crippen molar-refractivity contribution in [2.75, 3.05) is 25.0 Å². The third-order valence-electron chi connectivity index (χ3n) is 3.39. The number of para-hydroxylation sites is 1. The lowest BCUT2D eigenvalue weighted by Crippen LogP contribution is -2.44. The Hall–Kier alpha value is -1.88. The van der Waals surface area contributed by atoms with Crippen LogP contribution in [0.5, 0.6) is 0 Å². The minimum absolute atomic E-state index is 0.257. The number of likely N-dealkylation sites (tertiary alicyclic amines) is 1. The average molecular weight is 275 g/mol. The number of nitrogens with zero attached hydrogens (tertiary/aromatic N) is 1. The monoisotopic (exact) mass is 275 g/mol. The summed E-state index contributed by atoms with van der Waals surface area (Å²) in [4.78, 5) is 25.6. The number of imide groups is 1. The Balaban J connectivity index is 1.75. The molecule has 2 rings (SSSR count). The number of amides is 3. The van der Waals surface area contributed by atoms with Gasteiger partial charge in [-0.1, -0.05) is 25.1 Å². The van der Waals surface area contributed by atoms with Gasteiger partial charge in [-0.05, 0) is 37.4 Å². The van der Waals surface area contributed by atoms with E-state index < -0.39 is 6.03 Å². The van der Waals surface area contributed by atoms with E-state index in [4.69, 9.17) is 0 Å². The van der Waals surface area contributed by atoms with E-state index in [2.05, 4.69) is 22.5 Å². The fraction of sp³-hybridized carbons (Fsp3) is 0.467. The van der Waals surface area contributed by atoms with Crippen LogP contribution < -0.4 is 10.6 Å². The highest BCUT2D eigenvalue weighted by Gasteiger charge is 2.19. The second kappa shape index (κ2) is 7.05. The van der Waals surface area contributed by atoms with Crippen molar-refractivity contribution in [1.29, 1.82) is 0 Å². The summed E-state index contributed by atoms with van der Waals surface area (Å²) in [5.41, 5.74) is 0.671. The van der Waals surface area contributed by atoms with Gasteiger partial charge < -0.3 is 5.32 Å². The molecule has 5 nitrogen and oxygen atoms in total. The molecule has 2 N–H and O–H groups in total. The van der Waals surface area contributed by atoms with Crippen LogP contribution in [0.3, 0.4) is 0 Å². The number of nitrogens with one attached hydrogen (secondary N) is 2. The predicted octanol–water partition coefficient (Wildman–Crippen LogP) is 2.07. The normalized spacial score (nSPS) is 19.4. The van der Waals surface area contributed by atoms with Crippen molar-refractivity contribution < 1.29 is 9.59 Å². The van der Waals surface area contributed by atoms with E-state index in [-0.39, 0.29) is 12.5 Å². The van der Waals surface area contributed by atoms with Crippen LogP contribution in [0.15, 0.2) is 30.3 Å². The van der Waals surface area contributed by atoms with Crippen LogP contribution in [0.4, 0.5) is 10.5 Å². The predicted molar refractivity (Wildman–Crippen MR) is 78.4 cm³/mol. The molecule has 1 heterocycles. The topological polar surface area (TPSA) is 61.4 Å². The minimum Gasteiger partial charge on any atom is -0.308 e. The molecule has 0 saturated carbocycles. The number of rotatable bonds is 3. The van der Waals surface area contributed by atoms with Gasteiger partial charge in [-0.3, -0.25) is 15.0 Å². The zero-order valence-corrected chi connectivity index (χ0v) is 11.8. The first-order valence-corrected chi connectivity index (χ1v) is 7.02. The van der Waals surface area contributed by atoms with Gasteiger partial charge in [-0.15, -0.1) is 0 Å². The van der Waals surface area contributed by atoms with Gasteiger partial charge in [0.25, 0.3) is 0 Å². The second-order valence-electron chi connectivity index (χ2n) is 5.35. The fourth-order valence-electron chi connectivity index (χ4n) is 2.48. The van der Waals surface area contributed by atoms with E-state index in [1.165, 1.54) is 6.42 Å². The Kier molecular flexibility index (Phi) is 5.12. The van der Waals surface area contributed by atoms with Crippen molar-refractivity contribution in [3.8, 4) is 0 Å². The molecular formula is C15H21N3O2. The molecule has 5 heteroatoms. The lowest BCUT2D eigenvalue weighted by atomic mass is 10.0. The van der Waals surface area contributed by atoms with Crippen molar-refractivity contribution in [3.63, 3.8) is 0 Å². The van der Waals surface area contributed by atoms with Crippen molar-refractivity contribution in [2.24, 2.45) is 5.92 Å². The van der Waals surface area contributed by atoms with E-state index >= 15 is 0 Å². The third-order valence-corrected chi connectivity index (χ3v) is 3.39. The van der Waals surface area contributed by atoms with Crippen LogP contribution in [-0.4, -0.2) is 36.5 Å². The van der Waals surface area contributed by atoms with E-state index in [1.807, 2.05) is 18.2 Å². The number of hydrogen-bond donors (Lipinski definition) is 2. The summed E-state index contributed by atoms with van der Waals surface area (Å²) in [5, 5.41) is 4.99. The van der Waals surface area contributed by atoms with Gasteiger partial charge >= 0.3 is 6.03 Å². The van der Waals surface area contributed by atoms with Crippen molar-refractivity contribution in [1.82, 2.24) is 10.2 Å². The smallest absolute Gasteiger partial charge is 0.308 e. The summed E-state index contributed by atoms with van der Waals surface area (Å²) < 4.78 is 0. The molecule has 0 spiro atoms. The van der Waals surface area contributed by atoms with Gasteiger partial charge in [0.05, 0.1) is 6.54 Å². The number of anilines is 1. The van der Waals surface area contributed by atoms with Crippen molar-refractivity contribution in [3.05, 3.63) is 30.3 Å². The maximum absolute atomic E-state index is 11.8. The van der Waals surface area contributed by atoms with Crippen LogP contribution in [0.1, 0.15) is 19.8 Å². The second-order valence-corrected chi connectivity index (χ2v) is 5.35. The zero-order valence-electron chi connectivity index (χ0n) is 11.8. The molecule has 108 valence electrons. The van der Waals surface area contributed by atoms with Crippen LogP contribution in [0.2, 0.25) is 0 Å². The number of piperidine rings is 1. The molecule has 1 aliphatic rings. The molecule has 20 heavy (non-hydrogen) atoms. The maximum Gasteiger partial charge on any atom is 0.325 e. The van der Waals surface area contributed by atoms with E-state index in [0.717, 1.165) is 19.5 Å². The summed E-state index contributed by atoms with van der Waals surface area (Å²) in [6, 6.07) is 8.59.